The van der Waals surface area contributed by atoms with Crippen molar-refractivity contribution < 1.29 is 9.32 Å². The number of carbonyl (C=O) groups is 1. The molecule has 2 aromatic rings. The van der Waals surface area contributed by atoms with Crippen LogP contribution >= 0.6 is 0 Å². The van der Waals surface area contributed by atoms with Crippen LogP contribution in [0.25, 0.3) is 0 Å². The van der Waals surface area contributed by atoms with Crippen LogP contribution in [0.2, 0.25) is 0 Å². The molecule has 0 aliphatic rings. The summed E-state index contributed by atoms with van der Waals surface area (Å²) < 4.78 is 5.21. The Kier molecular flexibility index (Phi) is 5.53. The fraction of sp³-hybridized carbons (Fsp3) is 0.500. The van der Waals surface area contributed by atoms with E-state index < -0.39 is 0 Å². The first-order valence-corrected chi connectivity index (χ1v) is 8.01. The molecule has 2 heterocycles. The molecule has 23 heavy (non-hydrogen) atoms. The molecule has 0 aromatic carbocycles. The third-order valence-electron chi connectivity index (χ3n) is 3.85. The summed E-state index contributed by atoms with van der Waals surface area (Å²) in [6.07, 6.45) is 3.31. The van der Waals surface area contributed by atoms with Crippen LogP contribution in [0.5, 0.6) is 0 Å². The van der Waals surface area contributed by atoms with Gasteiger partial charge in [0.1, 0.15) is 0 Å². The third-order valence-corrected chi connectivity index (χ3v) is 3.85. The summed E-state index contributed by atoms with van der Waals surface area (Å²) in [5.41, 5.74) is 2.98. The molecule has 0 bridgehead atoms. The fourth-order valence-electron chi connectivity index (χ4n) is 2.45. The van der Waals surface area contributed by atoms with Crippen molar-refractivity contribution in [1.29, 1.82) is 0 Å². The van der Waals surface area contributed by atoms with E-state index in [0.29, 0.717) is 18.1 Å². The highest BCUT2D eigenvalue weighted by atomic mass is 16.5. The molecule has 5 nitrogen and oxygen atoms in total. The largest absolute Gasteiger partial charge is 0.351 e. The van der Waals surface area contributed by atoms with E-state index in [9.17, 15) is 4.79 Å². The zero-order valence-electron chi connectivity index (χ0n) is 14.5. The van der Waals surface area contributed by atoms with Crippen molar-refractivity contribution in [3.63, 3.8) is 0 Å². The number of hydrogen-bond donors (Lipinski definition) is 0. The summed E-state index contributed by atoms with van der Waals surface area (Å²) >= 11 is 0. The summed E-state index contributed by atoms with van der Waals surface area (Å²) in [5, 5.41) is 3.98. The monoisotopic (exact) mass is 315 g/mol. The van der Waals surface area contributed by atoms with Crippen LogP contribution in [-0.2, 0) is 12.8 Å². The normalized spacial score (nSPS) is 12.4. The molecule has 124 valence electrons. The van der Waals surface area contributed by atoms with Gasteiger partial charge < -0.3 is 9.42 Å². The lowest BCUT2D eigenvalue weighted by Crippen LogP contribution is -2.36. The van der Waals surface area contributed by atoms with Crippen LogP contribution in [0.3, 0.4) is 0 Å². The van der Waals surface area contributed by atoms with Gasteiger partial charge in [0.25, 0.3) is 5.91 Å². The molecule has 0 spiro atoms. The Bertz CT molecular complexity index is 664. The van der Waals surface area contributed by atoms with E-state index in [4.69, 9.17) is 4.52 Å². The van der Waals surface area contributed by atoms with Crippen LogP contribution in [-0.4, -0.2) is 34.0 Å². The van der Waals surface area contributed by atoms with Gasteiger partial charge in [-0.25, -0.2) is 0 Å². The highest BCUT2D eigenvalue weighted by molar-refractivity contribution is 5.91. The van der Waals surface area contributed by atoms with Crippen molar-refractivity contribution in [2.75, 3.05) is 7.05 Å². The van der Waals surface area contributed by atoms with Crippen LogP contribution in [0, 0.1) is 12.8 Å². The molecule has 0 saturated carbocycles. The van der Waals surface area contributed by atoms with Gasteiger partial charge in [-0.05, 0) is 43.9 Å². The lowest BCUT2D eigenvalue weighted by Gasteiger charge is -2.23. The molecule has 0 saturated heterocycles. The number of aryl methyl sites for hydroxylation is 1. The minimum absolute atomic E-state index is 0.0236. The van der Waals surface area contributed by atoms with Gasteiger partial charge in [-0.1, -0.05) is 19.0 Å². The van der Waals surface area contributed by atoms with E-state index >= 15 is 0 Å². The molecule has 1 amide bonds. The van der Waals surface area contributed by atoms with Gasteiger partial charge in [0, 0.05) is 37.5 Å². The number of rotatable bonds is 6. The van der Waals surface area contributed by atoms with E-state index in [1.807, 2.05) is 26.0 Å². The average Bonchev–Trinajstić information content (AvgIpc) is 2.93. The quantitative estimate of drug-likeness (QED) is 0.821. The predicted octanol–water partition coefficient (Wildman–Crippen LogP) is 3.28. The van der Waals surface area contributed by atoms with Crippen molar-refractivity contribution in [3.8, 4) is 0 Å². The summed E-state index contributed by atoms with van der Waals surface area (Å²) in [7, 11) is 1.79. The van der Waals surface area contributed by atoms with E-state index in [-0.39, 0.29) is 11.9 Å². The summed E-state index contributed by atoms with van der Waals surface area (Å²) in [5.74, 6) is 0.631. The Hall–Kier alpha value is -2.17. The number of carbonyl (C=O) groups excluding carboxylic acids is 1. The van der Waals surface area contributed by atoms with Crippen LogP contribution in [0.4, 0.5) is 0 Å². The Morgan fingerprint density at radius 3 is 2.61 bits per heavy atom. The smallest absolute Gasteiger partial charge is 0.292 e. The molecule has 0 aliphatic heterocycles. The molecular formula is C18H25N3O2. The van der Waals surface area contributed by atoms with E-state index in [1.165, 1.54) is 5.56 Å². The number of pyridine rings is 1. The summed E-state index contributed by atoms with van der Waals surface area (Å²) in [6.45, 7) is 8.27. The van der Waals surface area contributed by atoms with E-state index in [1.54, 1.807) is 24.2 Å². The van der Waals surface area contributed by atoms with E-state index in [2.05, 4.69) is 24.0 Å². The standard InChI is InChI=1S/C18H25N3O2/c1-12(2)8-16-11-17(23-20-16)18(22)21(5)14(4)10-15-9-13(3)6-7-19-15/h6-7,9,11-12,14H,8,10H2,1-5H3/t14-/m1/s1. The highest BCUT2D eigenvalue weighted by Crippen LogP contribution is 2.14. The van der Waals surface area contributed by atoms with Gasteiger partial charge >= 0.3 is 0 Å². The van der Waals surface area contributed by atoms with Crippen LogP contribution in [0.1, 0.15) is 48.3 Å². The Balaban J connectivity index is 2.02. The van der Waals surface area contributed by atoms with Gasteiger partial charge in [-0.2, -0.15) is 0 Å². The van der Waals surface area contributed by atoms with Crippen LogP contribution < -0.4 is 0 Å². The predicted molar refractivity (Wildman–Crippen MR) is 89.3 cm³/mol. The van der Waals surface area contributed by atoms with Crippen molar-refractivity contribution >= 4 is 5.91 Å². The number of likely N-dealkylation sites (N-methyl/N-ethyl adjacent to an activating group) is 1. The number of nitrogens with zero attached hydrogens (tertiary/aromatic N) is 3. The fourth-order valence-corrected chi connectivity index (χ4v) is 2.45. The van der Waals surface area contributed by atoms with Gasteiger partial charge in [-0.15, -0.1) is 0 Å². The number of aromatic nitrogens is 2. The first-order valence-electron chi connectivity index (χ1n) is 8.01. The summed E-state index contributed by atoms with van der Waals surface area (Å²) in [4.78, 5) is 18.6. The van der Waals surface area contributed by atoms with Crippen molar-refractivity contribution in [2.45, 2.75) is 46.6 Å². The summed E-state index contributed by atoms with van der Waals surface area (Å²) in [6, 6.07) is 5.78. The van der Waals surface area contributed by atoms with Gasteiger partial charge in [0.05, 0.1) is 5.69 Å². The minimum atomic E-state index is -0.146. The van der Waals surface area contributed by atoms with Gasteiger partial charge in [0.2, 0.25) is 5.76 Å². The molecule has 0 N–H and O–H groups in total. The second kappa shape index (κ2) is 7.40. The second-order valence-electron chi connectivity index (χ2n) is 6.57. The Morgan fingerprint density at radius 1 is 1.22 bits per heavy atom. The molecule has 1 atom stereocenters. The number of amides is 1. The zero-order chi connectivity index (χ0) is 17.0. The van der Waals surface area contributed by atoms with E-state index in [0.717, 1.165) is 17.8 Å². The molecule has 0 radical (unpaired) electrons. The Labute approximate surface area is 137 Å². The maximum Gasteiger partial charge on any atom is 0.292 e. The zero-order valence-corrected chi connectivity index (χ0v) is 14.5. The SMILES string of the molecule is Cc1ccnc(C[C@@H](C)N(C)C(=O)c2cc(CC(C)C)no2)c1. The third kappa shape index (κ3) is 4.65. The molecule has 2 aromatic heterocycles. The maximum atomic E-state index is 12.5. The van der Waals surface area contributed by atoms with Crippen molar-refractivity contribution in [1.82, 2.24) is 15.0 Å². The minimum Gasteiger partial charge on any atom is -0.351 e. The number of hydrogen-bond acceptors (Lipinski definition) is 4. The van der Waals surface area contributed by atoms with Gasteiger partial charge in [0.15, 0.2) is 0 Å². The lowest BCUT2D eigenvalue weighted by molar-refractivity contribution is 0.0700. The topological polar surface area (TPSA) is 59.2 Å². The lowest BCUT2D eigenvalue weighted by atomic mass is 10.1. The molecule has 0 aliphatic carbocycles. The Morgan fingerprint density at radius 2 is 1.96 bits per heavy atom. The molecule has 0 unspecified atom stereocenters. The highest BCUT2D eigenvalue weighted by Gasteiger charge is 2.22. The molecule has 0 fully saturated rings. The first kappa shape index (κ1) is 17.2. The van der Waals surface area contributed by atoms with Crippen molar-refractivity contribution in [3.05, 3.63) is 47.1 Å². The molecule has 2 rings (SSSR count). The van der Waals surface area contributed by atoms with Gasteiger partial charge in [-0.3, -0.25) is 9.78 Å². The van der Waals surface area contributed by atoms with Crippen LogP contribution in [0.15, 0.2) is 28.9 Å². The second-order valence-corrected chi connectivity index (χ2v) is 6.57. The first-order chi connectivity index (χ1) is 10.9. The van der Waals surface area contributed by atoms with Crippen molar-refractivity contribution in [2.24, 2.45) is 5.92 Å². The average molecular weight is 315 g/mol. The molecular weight excluding hydrogens is 290 g/mol. The maximum absolute atomic E-state index is 12.5. The molecule has 5 heteroatoms.